The Hall–Kier alpha value is -3.46. The van der Waals surface area contributed by atoms with E-state index in [1.807, 2.05) is 0 Å². The Labute approximate surface area is 205 Å². The molecule has 182 valence electrons. The zero-order valence-corrected chi connectivity index (χ0v) is 19.7. The molecule has 5 rings (SSSR count). The predicted molar refractivity (Wildman–Crippen MR) is 126 cm³/mol. The minimum atomic E-state index is -0.827. The number of aryl methyl sites for hydroxylation is 1. The average Bonchev–Trinajstić information content (AvgIpc) is 3.60. The van der Waals surface area contributed by atoms with Gasteiger partial charge < -0.3 is 10.1 Å². The maximum Gasteiger partial charge on any atom is 0.240 e. The minimum absolute atomic E-state index is 0.106. The number of anilines is 1. The van der Waals surface area contributed by atoms with Crippen molar-refractivity contribution in [2.75, 3.05) is 18.0 Å². The number of carbonyl (C=O) groups excluding carboxylic acids is 2. The van der Waals surface area contributed by atoms with Crippen LogP contribution in [-0.4, -0.2) is 34.7 Å². The van der Waals surface area contributed by atoms with Crippen molar-refractivity contribution in [2.24, 2.45) is 13.0 Å². The number of hydrogen-bond acceptors (Lipinski definition) is 4. The van der Waals surface area contributed by atoms with Crippen LogP contribution in [0.4, 0.5) is 14.6 Å². The fourth-order valence-corrected chi connectivity index (χ4v) is 4.38. The summed E-state index contributed by atoms with van der Waals surface area (Å²) >= 11 is 6.20. The summed E-state index contributed by atoms with van der Waals surface area (Å²) in [4.78, 5) is 27.3. The molecule has 0 spiro atoms. The molecule has 0 atom stereocenters. The first-order valence-corrected chi connectivity index (χ1v) is 11.7. The molecular formula is C25H23ClF2N4O3. The summed E-state index contributed by atoms with van der Waals surface area (Å²) in [6.45, 7) is 0.292. The van der Waals surface area contributed by atoms with Crippen LogP contribution in [0.5, 0.6) is 5.75 Å². The van der Waals surface area contributed by atoms with Gasteiger partial charge in [0.15, 0.2) is 5.82 Å². The van der Waals surface area contributed by atoms with Gasteiger partial charge in [0.2, 0.25) is 11.8 Å². The highest BCUT2D eigenvalue weighted by Crippen LogP contribution is 2.42. The molecule has 3 aromatic rings. The van der Waals surface area contributed by atoms with Crippen LogP contribution in [0.15, 0.2) is 36.4 Å². The molecule has 1 aromatic heterocycles. The van der Waals surface area contributed by atoms with Gasteiger partial charge in [-0.1, -0.05) is 17.7 Å². The van der Waals surface area contributed by atoms with Gasteiger partial charge in [-0.15, -0.1) is 0 Å². The van der Waals surface area contributed by atoms with Crippen LogP contribution < -0.4 is 15.0 Å². The van der Waals surface area contributed by atoms with Gasteiger partial charge >= 0.3 is 0 Å². The van der Waals surface area contributed by atoms with Crippen molar-refractivity contribution in [2.45, 2.75) is 25.9 Å². The number of nitrogens with zero attached hydrogens (tertiary/aromatic N) is 3. The third kappa shape index (κ3) is 4.73. The molecule has 1 aliphatic heterocycles. The molecule has 0 radical (unpaired) electrons. The molecule has 0 saturated heterocycles. The normalized spacial score (nSPS) is 14.1. The van der Waals surface area contributed by atoms with E-state index in [2.05, 4.69) is 10.4 Å². The van der Waals surface area contributed by atoms with Gasteiger partial charge in [0, 0.05) is 29.7 Å². The van der Waals surface area contributed by atoms with Crippen molar-refractivity contribution in [3.8, 4) is 17.0 Å². The number of carbonyl (C=O) groups is 2. The van der Waals surface area contributed by atoms with Gasteiger partial charge in [-0.2, -0.15) is 5.10 Å². The van der Waals surface area contributed by atoms with Crippen molar-refractivity contribution in [1.82, 2.24) is 15.1 Å². The fraction of sp³-hybridized carbons (Fsp3) is 0.320. The number of nitrogens with one attached hydrogen (secondary N) is 1. The van der Waals surface area contributed by atoms with Crippen LogP contribution in [0.3, 0.4) is 0 Å². The van der Waals surface area contributed by atoms with Gasteiger partial charge in [0.1, 0.15) is 30.5 Å². The molecule has 1 saturated carbocycles. The lowest BCUT2D eigenvalue weighted by Crippen LogP contribution is -2.43. The molecule has 2 aliphatic rings. The van der Waals surface area contributed by atoms with E-state index in [9.17, 15) is 18.4 Å². The second kappa shape index (κ2) is 9.30. The molecule has 10 heteroatoms. The molecule has 1 N–H and O–H groups in total. The van der Waals surface area contributed by atoms with Gasteiger partial charge in [0.25, 0.3) is 0 Å². The lowest BCUT2D eigenvalue weighted by atomic mass is 10.0. The van der Waals surface area contributed by atoms with Crippen LogP contribution in [0.2, 0.25) is 5.02 Å². The Morgan fingerprint density at radius 3 is 2.69 bits per heavy atom. The highest BCUT2D eigenvalue weighted by atomic mass is 35.5. The van der Waals surface area contributed by atoms with E-state index in [4.69, 9.17) is 16.3 Å². The number of hydrogen-bond donors (Lipinski definition) is 1. The molecule has 1 fully saturated rings. The van der Waals surface area contributed by atoms with Crippen LogP contribution in [0, 0.1) is 17.6 Å². The van der Waals surface area contributed by atoms with E-state index >= 15 is 0 Å². The Kier molecular flexibility index (Phi) is 6.19. The standard InChI is InChI=1S/C25H23ClF2N4O3/c1-31-24-17-9-15(26)7-8-21(17)35-13-18(24)25(30-31)32(12-22(33)29-11-14-5-6-14)23(34)10-16-19(27)3-2-4-20(16)28/h2-4,7-9,14H,5-6,10-13H2,1H3,(H,29,33). The Bertz CT molecular complexity index is 1300. The Morgan fingerprint density at radius 2 is 1.97 bits per heavy atom. The number of aromatic nitrogens is 2. The summed E-state index contributed by atoms with van der Waals surface area (Å²) in [6, 6.07) is 8.62. The molecule has 0 unspecified atom stereocenters. The van der Waals surface area contributed by atoms with E-state index in [1.54, 1.807) is 29.9 Å². The molecule has 35 heavy (non-hydrogen) atoms. The topological polar surface area (TPSA) is 76.5 Å². The molecule has 7 nitrogen and oxygen atoms in total. The molecule has 0 bridgehead atoms. The first kappa shape index (κ1) is 23.3. The predicted octanol–water partition coefficient (Wildman–Crippen LogP) is 4.01. The monoisotopic (exact) mass is 500 g/mol. The van der Waals surface area contributed by atoms with Gasteiger partial charge in [-0.25, -0.2) is 8.78 Å². The smallest absolute Gasteiger partial charge is 0.240 e. The van der Waals surface area contributed by atoms with Crippen molar-refractivity contribution in [3.63, 3.8) is 0 Å². The largest absolute Gasteiger partial charge is 0.488 e. The average molecular weight is 501 g/mol. The first-order valence-electron chi connectivity index (χ1n) is 11.3. The number of halogens is 3. The van der Waals surface area contributed by atoms with Crippen molar-refractivity contribution >= 4 is 29.2 Å². The highest BCUT2D eigenvalue weighted by molar-refractivity contribution is 6.31. The summed E-state index contributed by atoms with van der Waals surface area (Å²) < 4.78 is 36.0. The summed E-state index contributed by atoms with van der Waals surface area (Å²) in [5.41, 5.74) is 1.61. The first-order chi connectivity index (χ1) is 16.8. The second-order valence-electron chi connectivity index (χ2n) is 8.81. The Morgan fingerprint density at radius 1 is 1.23 bits per heavy atom. The summed E-state index contributed by atoms with van der Waals surface area (Å²) in [7, 11) is 1.71. The number of benzene rings is 2. The molecule has 2 heterocycles. The maximum absolute atomic E-state index is 14.3. The van der Waals surface area contributed by atoms with Gasteiger partial charge in [-0.3, -0.25) is 19.2 Å². The summed E-state index contributed by atoms with van der Waals surface area (Å²) in [5, 5.41) is 7.86. The van der Waals surface area contributed by atoms with E-state index in [0.29, 0.717) is 40.1 Å². The summed E-state index contributed by atoms with van der Waals surface area (Å²) in [5.74, 6) is -1.42. The zero-order chi connectivity index (χ0) is 24.7. The highest BCUT2D eigenvalue weighted by Gasteiger charge is 2.32. The van der Waals surface area contributed by atoms with Crippen LogP contribution in [0.1, 0.15) is 24.0 Å². The number of fused-ring (bicyclic) bond motifs is 3. The second-order valence-corrected chi connectivity index (χ2v) is 9.24. The summed E-state index contributed by atoms with van der Waals surface area (Å²) in [6.07, 6.45) is 1.55. The van der Waals surface area contributed by atoms with Gasteiger partial charge in [0.05, 0.1) is 17.7 Å². The number of ether oxygens (including phenoxy) is 1. The van der Waals surface area contributed by atoms with Crippen molar-refractivity contribution < 1.29 is 23.1 Å². The quantitative estimate of drug-likeness (QED) is 0.532. The third-order valence-corrected chi connectivity index (χ3v) is 6.46. The molecular weight excluding hydrogens is 478 g/mol. The van der Waals surface area contributed by atoms with E-state index < -0.39 is 24.0 Å². The van der Waals surface area contributed by atoms with Crippen LogP contribution in [-0.2, 0) is 29.7 Å². The lowest BCUT2D eigenvalue weighted by Gasteiger charge is -2.24. The Balaban J connectivity index is 1.51. The molecule has 2 aromatic carbocycles. The van der Waals surface area contributed by atoms with E-state index in [0.717, 1.165) is 25.0 Å². The van der Waals surface area contributed by atoms with Gasteiger partial charge in [-0.05, 0) is 49.1 Å². The number of rotatable bonds is 7. The van der Waals surface area contributed by atoms with Crippen LogP contribution >= 0.6 is 11.6 Å². The van der Waals surface area contributed by atoms with Crippen molar-refractivity contribution in [3.05, 3.63) is 64.2 Å². The van der Waals surface area contributed by atoms with Crippen molar-refractivity contribution in [1.29, 1.82) is 0 Å². The SMILES string of the molecule is Cn1nc(N(CC(=O)NCC2CC2)C(=O)Cc2c(F)cccc2F)c2c1-c1cc(Cl)ccc1OC2. The molecule has 2 amide bonds. The minimum Gasteiger partial charge on any atom is -0.488 e. The fourth-order valence-electron chi connectivity index (χ4n) is 4.21. The number of amides is 2. The molecule has 1 aliphatic carbocycles. The van der Waals surface area contributed by atoms with E-state index in [-0.39, 0.29) is 30.4 Å². The maximum atomic E-state index is 14.3. The third-order valence-electron chi connectivity index (χ3n) is 6.23. The van der Waals surface area contributed by atoms with Crippen LogP contribution in [0.25, 0.3) is 11.3 Å². The lowest BCUT2D eigenvalue weighted by molar-refractivity contribution is -0.123. The van der Waals surface area contributed by atoms with E-state index in [1.165, 1.54) is 11.0 Å². The zero-order valence-electron chi connectivity index (χ0n) is 19.0.